The Hall–Kier alpha value is -3.26. The zero-order valence-electron chi connectivity index (χ0n) is 19.3. The first-order valence-electron chi connectivity index (χ1n) is 11.1. The maximum absolute atomic E-state index is 14.4. The molecule has 2 aliphatic heterocycles. The van der Waals surface area contributed by atoms with Crippen LogP contribution in [0.3, 0.4) is 0 Å². The molecule has 33 heavy (non-hydrogen) atoms. The Morgan fingerprint density at radius 3 is 2.55 bits per heavy atom. The predicted molar refractivity (Wildman–Crippen MR) is 124 cm³/mol. The van der Waals surface area contributed by atoms with Crippen molar-refractivity contribution in [1.29, 1.82) is 0 Å². The van der Waals surface area contributed by atoms with Gasteiger partial charge in [-0.05, 0) is 66.5 Å². The molecule has 2 heterocycles. The summed E-state index contributed by atoms with van der Waals surface area (Å²) >= 11 is 0. The van der Waals surface area contributed by atoms with Crippen molar-refractivity contribution >= 4 is 18.3 Å². The molecule has 2 aliphatic rings. The van der Waals surface area contributed by atoms with Crippen molar-refractivity contribution in [2.24, 2.45) is 0 Å². The number of likely N-dealkylation sites (tertiary alicyclic amines) is 1. The standard InChI is InChI=1S/C24H28FN3O2.CH2O2/c1-4-27(5-2)21-8-9-28(15-21)23(29)18-11-17(12-20(25)13-18)16-6-7-22-19(10-16)14-26(3)24(22)30;2-1-3/h6-7,10-13,21H,4-5,8-9,14-15H2,1-3H3;1H,(H,2,3). The van der Waals surface area contributed by atoms with Crippen molar-refractivity contribution in [3.63, 3.8) is 0 Å². The third-order valence-electron chi connectivity index (χ3n) is 6.35. The van der Waals surface area contributed by atoms with E-state index in [4.69, 9.17) is 9.90 Å². The van der Waals surface area contributed by atoms with Crippen LogP contribution in [0.25, 0.3) is 11.1 Å². The van der Waals surface area contributed by atoms with Gasteiger partial charge >= 0.3 is 0 Å². The van der Waals surface area contributed by atoms with Gasteiger partial charge in [0.05, 0.1) is 0 Å². The van der Waals surface area contributed by atoms with E-state index in [1.165, 1.54) is 12.1 Å². The fourth-order valence-corrected chi connectivity index (χ4v) is 4.67. The van der Waals surface area contributed by atoms with Crippen molar-refractivity contribution in [3.8, 4) is 11.1 Å². The molecule has 1 N–H and O–H groups in total. The highest BCUT2D eigenvalue weighted by molar-refractivity contribution is 5.99. The number of carbonyl (C=O) groups is 3. The number of fused-ring (bicyclic) bond motifs is 1. The Morgan fingerprint density at radius 2 is 1.88 bits per heavy atom. The Kier molecular flexibility index (Phi) is 7.81. The zero-order valence-corrected chi connectivity index (χ0v) is 19.3. The van der Waals surface area contributed by atoms with Crippen molar-refractivity contribution < 1.29 is 23.9 Å². The molecular weight excluding hydrogens is 425 g/mol. The monoisotopic (exact) mass is 455 g/mol. The molecule has 0 spiro atoms. The van der Waals surface area contributed by atoms with E-state index in [9.17, 15) is 14.0 Å². The molecule has 1 unspecified atom stereocenters. The van der Waals surface area contributed by atoms with Gasteiger partial charge in [-0.2, -0.15) is 0 Å². The lowest BCUT2D eigenvalue weighted by molar-refractivity contribution is -0.122. The Morgan fingerprint density at radius 1 is 1.18 bits per heavy atom. The SMILES string of the molecule is CCN(CC)C1CCN(C(=O)c2cc(F)cc(-c3ccc4c(c3)CN(C)C4=O)c2)C1.O=CO. The normalized spacial score (nSPS) is 17.1. The smallest absolute Gasteiger partial charge is 0.290 e. The van der Waals surface area contributed by atoms with E-state index < -0.39 is 5.82 Å². The summed E-state index contributed by atoms with van der Waals surface area (Å²) in [5, 5.41) is 6.89. The number of hydrogen-bond acceptors (Lipinski definition) is 4. The molecule has 1 fully saturated rings. The van der Waals surface area contributed by atoms with Crippen molar-refractivity contribution in [2.75, 3.05) is 33.2 Å². The van der Waals surface area contributed by atoms with Crippen molar-refractivity contribution in [3.05, 3.63) is 58.9 Å². The highest BCUT2D eigenvalue weighted by Crippen LogP contribution is 2.29. The minimum Gasteiger partial charge on any atom is -0.483 e. The zero-order chi connectivity index (χ0) is 24.1. The van der Waals surface area contributed by atoms with E-state index in [2.05, 4.69) is 18.7 Å². The molecule has 2 amide bonds. The third kappa shape index (κ3) is 5.22. The Bertz CT molecular complexity index is 1040. The van der Waals surface area contributed by atoms with Gasteiger partial charge in [0, 0.05) is 43.9 Å². The van der Waals surface area contributed by atoms with E-state index in [0.717, 1.165) is 30.6 Å². The van der Waals surface area contributed by atoms with E-state index in [-0.39, 0.29) is 18.3 Å². The first-order valence-corrected chi connectivity index (χ1v) is 11.1. The van der Waals surface area contributed by atoms with E-state index >= 15 is 0 Å². The Balaban J connectivity index is 0.000000968. The maximum atomic E-state index is 14.4. The number of benzene rings is 2. The van der Waals surface area contributed by atoms with Gasteiger partial charge in [-0.3, -0.25) is 19.3 Å². The number of amides is 2. The molecule has 2 aromatic carbocycles. The highest BCUT2D eigenvalue weighted by Gasteiger charge is 2.30. The van der Waals surface area contributed by atoms with Crippen LogP contribution in [0.1, 0.15) is 46.5 Å². The van der Waals surface area contributed by atoms with Crippen LogP contribution in [-0.2, 0) is 11.3 Å². The van der Waals surface area contributed by atoms with Crippen LogP contribution >= 0.6 is 0 Å². The Labute approximate surface area is 193 Å². The third-order valence-corrected chi connectivity index (χ3v) is 6.35. The number of carbonyl (C=O) groups excluding carboxylic acids is 2. The molecule has 0 radical (unpaired) electrons. The molecule has 0 aromatic heterocycles. The van der Waals surface area contributed by atoms with Crippen LogP contribution in [0.2, 0.25) is 0 Å². The van der Waals surface area contributed by atoms with Gasteiger partial charge in [-0.1, -0.05) is 19.9 Å². The van der Waals surface area contributed by atoms with Gasteiger partial charge in [0.1, 0.15) is 5.82 Å². The van der Waals surface area contributed by atoms with Crippen LogP contribution in [0.15, 0.2) is 36.4 Å². The fourth-order valence-electron chi connectivity index (χ4n) is 4.67. The highest BCUT2D eigenvalue weighted by atomic mass is 19.1. The second-order valence-electron chi connectivity index (χ2n) is 8.28. The second-order valence-corrected chi connectivity index (χ2v) is 8.28. The minimum absolute atomic E-state index is 0.00319. The lowest BCUT2D eigenvalue weighted by Gasteiger charge is -2.26. The second kappa shape index (κ2) is 10.6. The average Bonchev–Trinajstić information content (AvgIpc) is 3.39. The summed E-state index contributed by atoms with van der Waals surface area (Å²) in [7, 11) is 1.77. The van der Waals surface area contributed by atoms with Gasteiger partial charge < -0.3 is 14.9 Å². The molecule has 0 bridgehead atoms. The summed E-state index contributed by atoms with van der Waals surface area (Å²) in [5.41, 5.74) is 3.46. The minimum atomic E-state index is -0.427. The van der Waals surface area contributed by atoms with Gasteiger partial charge in [0.25, 0.3) is 18.3 Å². The van der Waals surface area contributed by atoms with Gasteiger partial charge in [-0.15, -0.1) is 0 Å². The summed E-state index contributed by atoms with van der Waals surface area (Å²) in [4.78, 5) is 39.4. The van der Waals surface area contributed by atoms with Crippen molar-refractivity contribution in [2.45, 2.75) is 32.9 Å². The van der Waals surface area contributed by atoms with Crippen LogP contribution in [0, 0.1) is 5.82 Å². The van der Waals surface area contributed by atoms with Crippen molar-refractivity contribution in [1.82, 2.24) is 14.7 Å². The first-order chi connectivity index (χ1) is 15.8. The summed E-state index contributed by atoms with van der Waals surface area (Å²) in [6.45, 7) is 7.86. The van der Waals surface area contributed by atoms with Gasteiger partial charge in [0.2, 0.25) is 0 Å². The number of halogens is 1. The maximum Gasteiger partial charge on any atom is 0.290 e. The lowest BCUT2D eigenvalue weighted by Crippen LogP contribution is -2.38. The summed E-state index contributed by atoms with van der Waals surface area (Å²) in [6, 6.07) is 10.4. The van der Waals surface area contributed by atoms with Crippen LogP contribution in [-0.4, -0.2) is 77.4 Å². The summed E-state index contributed by atoms with van der Waals surface area (Å²) in [5.74, 6) is -0.547. The molecule has 0 saturated carbocycles. The summed E-state index contributed by atoms with van der Waals surface area (Å²) < 4.78 is 14.4. The predicted octanol–water partition coefficient (Wildman–Crippen LogP) is 3.34. The molecule has 176 valence electrons. The molecule has 4 rings (SSSR count). The molecule has 0 aliphatic carbocycles. The molecule has 2 aromatic rings. The molecule has 1 atom stereocenters. The van der Waals surface area contributed by atoms with Crippen LogP contribution < -0.4 is 0 Å². The van der Waals surface area contributed by atoms with E-state index in [1.807, 2.05) is 17.0 Å². The number of rotatable bonds is 5. The van der Waals surface area contributed by atoms with Gasteiger partial charge in [0.15, 0.2) is 0 Å². The molecular formula is C25H30FN3O4. The lowest BCUT2D eigenvalue weighted by atomic mass is 9.98. The first kappa shape index (κ1) is 24.4. The van der Waals surface area contributed by atoms with E-state index in [1.54, 1.807) is 24.1 Å². The number of carboxylic acid groups (broad SMARTS) is 1. The molecule has 7 nitrogen and oxygen atoms in total. The molecule has 8 heteroatoms. The van der Waals surface area contributed by atoms with E-state index in [0.29, 0.717) is 42.4 Å². The number of likely N-dealkylation sites (N-methyl/N-ethyl adjacent to an activating group) is 1. The topological polar surface area (TPSA) is 81.2 Å². The van der Waals surface area contributed by atoms with Crippen LogP contribution in [0.4, 0.5) is 4.39 Å². The van der Waals surface area contributed by atoms with Gasteiger partial charge in [-0.25, -0.2) is 4.39 Å². The largest absolute Gasteiger partial charge is 0.483 e. The quantitative estimate of drug-likeness (QED) is 0.700. The average molecular weight is 456 g/mol. The van der Waals surface area contributed by atoms with Crippen LogP contribution in [0.5, 0.6) is 0 Å². The fraction of sp³-hybridized carbons (Fsp3) is 0.400. The molecule has 1 saturated heterocycles. The summed E-state index contributed by atoms with van der Waals surface area (Å²) in [6.07, 6.45) is 0.946. The number of hydrogen-bond donors (Lipinski definition) is 1. The number of nitrogens with zero attached hydrogens (tertiary/aromatic N) is 3.